The van der Waals surface area contributed by atoms with Crippen LogP contribution < -0.4 is 0 Å². The third-order valence-corrected chi connectivity index (χ3v) is 6.16. The maximum absolute atomic E-state index is 14.1. The van der Waals surface area contributed by atoms with Gasteiger partial charge < -0.3 is 4.42 Å². The summed E-state index contributed by atoms with van der Waals surface area (Å²) in [6.07, 6.45) is -9.75. The Bertz CT molecular complexity index is 1940. The molecule has 0 aliphatic heterocycles. The summed E-state index contributed by atoms with van der Waals surface area (Å²) in [5.41, 5.74) is -4.55. The van der Waals surface area contributed by atoms with Gasteiger partial charge in [-0.15, -0.1) is 0 Å². The molecular formula is C29H15F6NO. The molecule has 6 rings (SSSR count). The van der Waals surface area contributed by atoms with E-state index in [2.05, 4.69) is 4.98 Å². The van der Waals surface area contributed by atoms with Crippen molar-refractivity contribution in [3.05, 3.63) is 102 Å². The van der Waals surface area contributed by atoms with E-state index in [0.29, 0.717) is 22.1 Å². The molecule has 2 heterocycles. The summed E-state index contributed by atoms with van der Waals surface area (Å²) in [7, 11) is 0. The first-order valence-electron chi connectivity index (χ1n) is 12.5. The van der Waals surface area contributed by atoms with Crippen LogP contribution in [0, 0.1) is 0 Å². The van der Waals surface area contributed by atoms with Crippen molar-refractivity contribution in [1.82, 2.24) is 4.98 Å². The number of halogens is 6. The first-order chi connectivity index (χ1) is 18.9. The zero-order valence-corrected chi connectivity index (χ0v) is 18.6. The van der Waals surface area contributed by atoms with E-state index in [4.69, 9.17) is 8.53 Å². The fourth-order valence-electron chi connectivity index (χ4n) is 4.58. The van der Waals surface area contributed by atoms with Gasteiger partial charge in [0.1, 0.15) is 11.2 Å². The van der Waals surface area contributed by atoms with E-state index in [0.717, 1.165) is 34.5 Å². The number of aromatic nitrogens is 1. The van der Waals surface area contributed by atoms with Crippen molar-refractivity contribution < 1.29 is 34.9 Å². The minimum absolute atomic E-state index is 0.0284. The van der Waals surface area contributed by atoms with Crippen molar-refractivity contribution in [3.63, 3.8) is 0 Å². The first kappa shape index (κ1) is 19.8. The molecule has 4 aromatic carbocycles. The molecule has 0 saturated heterocycles. The molecule has 0 fully saturated rings. The zero-order valence-electron chi connectivity index (χ0n) is 21.6. The molecule has 0 spiro atoms. The van der Waals surface area contributed by atoms with Crippen LogP contribution in [0.4, 0.5) is 26.3 Å². The van der Waals surface area contributed by atoms with Crippen LogP contribution in [0.1, 0.15) is 15.2 Å². The van der Waals surface area contributed by atoms with Gasteiger partial charge >= 0.3 is 12.4 Å². The van der Waals surface area contributed by atoms with Crippen LogP contribution in [0.5, 0.6) is 0 Å². The molecule has 2 nitrogen and oxygen atoms in total. The average Bonchev–Trinajstić information content (AvgIpc) is 3.29. The number of hydrogen-bond acceptors (Lipinski definition) is 2. The van der Waals surface area contributed by atoms with Gasteiger partial charge in [-0.25, -0.2) is 0 Å². The van der Waals surface area contributed by atoms with Crippen LogP contribution in [0.2, 0.25) is 0 Å². The number of furan rings is 1. The van der Waals surface area contributed by atoms with Crippen LogP contribution in [-0.2, 0) is 12.4 Å². The van der Waals surface area contributed by atoms with Gasteiger partial charge in [0.2, 0.25) is 0 Å². The van der Waals surface area contributed by atoms with Crippen LogP contribution in [-0.4, -0.2) is 4.98 Å². The van der Waals surface area contributed by atoms with Crippen LogP contribution in [0.25, 0.3) is 55.1 Å². The molecule has 184 valence electrons. The monoisotopic (exact) mass is 510 g/mol. The highest BCUT2D eigenvalue weighted by atomic mass is 19.4. The highest BCUT2D eigenvalue weighted by molar-refractivity contribution is 6.17. The van der Waals surface area contributed by atoms with Crippen molar-refractivity contribution in [2.45, 2.75) is 12.4 Å². The summed E-state index contributed by atoms with van der Waals surface area (Å²) in [5, 5.41) is 3.20. The Morgan fingerprint density at radius 2 is 1.38 bits per heavy atom. The second-order valence-electron chi connectivity index (χ2n) is 8.37. The molecule has 0 unspecified atom stereocenters. The highest BCUT2D eigenvalue weighted by Crippen LogP contribution is 2.45. The molecule has 0 N–H and O–H groups in total. The third-order valence-electron chi connectivity index (χ3n) is 6.16. The molecular weight excluding hydrogens is 492 g/mol. The predicted octanol–water partition coefficient (Wildman–Crippen LogP) is 9.51. The summed E-state index contributed by atoms with van der Waals surface area (Å²) >= 11 is 0. The molecule has 0 bridgehead atoms. The summed E-state index contributed by atoms with van der Waals surface area (Å²) in [6.45, 7) is 0. The Morgan fingerprint density at radius 3 is 2.11 bits per heavy atom. The third kappa shape index (κ3) is 3.80. The summed E-state index contributed by atoms with van der Waals surface area (Å²) < 4.78 is 114. The lowest BCUT2D eigenvalue weighted by Crippen LogP contribution is -2.14. The molecule has 0 radical (unpaired) electrons. The molecule has 0 aliphatic carbocycles. The van der Waals surface area contributed by atoms with E-state index in [1.807, 2.05) is 36.4 Å². The molecule has 8 heteroatoms. The van der Waals surface area contributed by atoms with E-state index in [1.54, 1.807) is 18.2 Å². The molecule has 0 amide bonds. The van der Waals surface area contributed by atoms with Crippen molar-refractivity contribution in [3.8, 4) is 22.4 Å². The molecule has 2 aromatic heterocycles. The molecule has 0 saturated carbocycles. The van der Waals surface area contributed by atoms with Crippen LogP contribution >= 0.6 is 0 Å². The van der Waals surface area contributed by atoms with Crippen molar-refractivity contribution in [1.29, 1.82) is 0 Å². The summed E-state index contributed by atoms with van der Waals surface area (Å²) in [6, 6.07) is 13.9. The second kappa shape index (κ2) is 8.09. The van der Waals surface area contributed by atoms with Crippen molar-refractivity contribution in [2.24, 2.45) is 0 Å². The second-order valence-corrected chi connectivity index (χ2v) is 8.37. The van der Waals surface area contributed by atoms with Crippen molar-refractivity contribution in [2.75, 3.05) is 0 Å². The minimum atomic E-state index is -5.40. The predicted molar refractivity (Wildman–Crippen MR) is 130 cm³/mol. The number of fused-ring (bicyclic) bond motifs is 5. The number of nitrogens with zero attached hydrogens (tertiary/aromatic N) is 1. The maximum atomic E-state index is 14.1. The Labute approximate surface area is 210 Å². The maximum Gasteiger partial charge on any atom is 0.417 e. The SMILES string of the molecule is [2H]c1c([2H])c(C(F)(F)F)c(-c2ccnc(-c3cccc4c3oc3c5ccccc5ccc43)c2)c(C(F)(F)F)c1[2H]. The largest absolute Gasteiger partial charge is 0.455 e. The van der Waals surface area contributed by atoms with Gasteiger partial charge in [-0.1, -0.05) is 48.5 Å². The van der Waals surface area contributed by atoms with Gasteiger partial charge in [-0.05, 0) is 47.3 Å². The Balaban J connectivity index is 1.65. The van der Waals surface area contributed by atoms with E-state index >= 15 is 0 Å². The van der Waals surface area contributed by atoms with Gasteiger partial charge in [0.25, 0.3) is 0 Å². The Kier molecular flexibility index (Phi) is 4.33. The number of pyridine rings is 1. The zero-order chi connectivity index (χ0) is 28.6. The number of alkyl halides is 6. The lowest BCUT2D eigenvalue weighted by molar-refractivity contribution is -0.142. The van der Waals surface area contributed by atoms with Crippen LogP contribution in [0.15, 0.2) is 95.5 Å². The standard InChI is InChI=1S/C29H15F6NO/c30-28(31,32)22-9-4-10-23(29(33,34)35)25(22)17-13-14-36-24(15-17)21-8-3-7-19-20-12-11-16-5-1-2-6-18(16)26(20)37-27(19)21/h1-15H/i4D,9D,10D. The van der Waals surface area contributed by atoms with Gasteiger partial charge in [0, 0.05) is 33.5 Å². The number of benzene rings is 4. The number of para-hydroxylation sites is 1. The molecule has 0 atom stereocenters. The lowest BCUT2D eigenvalue weighted by atomic mass is 9.93. The van der Waals surface area contributed by atoms with Gasteiger partial charge in [-0.2, -0.15) is 26.3 Å². The fraction of sp³-hybridized carbons (Fsp3) is 0.0690. The summed E-state index contributed by atoms with van der Waals surface area (Å²) in [5.74, 6) is 0. The number of rotatable bonds is 2. The Morgan fingerprint density at radius 1 is 0.703 bits per heavy atom. The quantitative estimate of drug-likeness (QED) is 0.217. The average molecular weight is 510 g/mol. The molecule has 6 aromatic rings. The van der Waals surface area contributed by atoms with E-state index in [1.165, 1.54) is 0 Å². The van der Waals surface area contributed by atoms with Gasteiger partial charge in [0.15, 0.2) is 0 Å². The first-order valence-corrected chi connectivity index (χ1v) is 11.0. The van der Waals surface area contributed by atoms with E-state index < -0.39 is 52.7 Å². The highest BCUT2D eigenvalue weighted by Gasteiger charge is 2.41. The normalized spacial score (nSPS) is 13.7. The fourth-order valence-corrected chi connectivity index (χ4v) is 4.58. The smallest absolute Gasteiger partial charge is 0.417 e. The van der Waals surface area contributed by atoms with Crippen molar-refractivity contribution >= 4 is 32.7 Å². The lowest BCUT2D eigenvalue weighted by Gasteiger charge is -2.19. The Hall–Kier alpha value is -4.33. The van der Waals surface area contributed by atoms with Gasteiger partial charge in [0.05, 0.1) is 20.9 Å². The molecule has 37 heavy (non-hydrogen) atoms. The van der Waals surface area contributed by atoms with Crippen LogP contribution in [0.3, 0.4) is 0 Å². The van der Waals surface area contributed by atoms with Gasteiger partial charge in [-0.3, -0.25) is 4.98 Å². The van der Waals surface area contributed by atoms with E-state index in [9.17, 15) is 26.3 Å². The molecule has 0 aliphatic rings. The minimum Gasteiger partial charge on any atom is -0.455 e. The van der Waals surface area contributed by atoms with E-state index in [-0.39, 0.29) is 5.69 Å². The summed E-state index contributed by atoms with van der Waals surface area (Å²) in [4.78, 5) is 4.21. The topological polar surface area (TPSA) is 26.0 Å². The number of hydrogen-bond donors (Lipinski definition) is 0.